The van der Waals surface area contributed by atoms with Gasteiger partial charge in [-0.3, -0.25) is 4.79 Å². The van der Waals surface area contributed by atoms with Gasteiger partial charge in [-0.05, 0) is 93.3 Å². The summed E-state index contributed by atoms with van der Waals surface area (Å²) in [4.78, 5) is 25.3. The van der Waals surface area contributed by atoms with E-state index in [1.165, 1.54) is 18.4 Å². The maximum Gasteiger partial charge on any atom is 0.338 e. The van der Waals surface area contributed by atoms with E-state index in [1.807, 2.05) is 6.92 Å². The van der Waals surface area contributed by atoms with Crippen LogP contribution in [0.1, 0.15) is 79.0 Å². The molecule has 7 nitrogen and oxygen atoms in total. The molecule has 0 bridgehead atoms. The van der Waals surface area contributed by atoms with Gasteiger partial charge in [-0.25, -0.2) is 4.79 Å². The van der Waals surface area contributed by atoms with Gasteiger partial charge in [0.2, 0.25) is 5.91 Å². The molecular weight excluding hydrogens is 456 g/mol. The van der Waals surface area contributed by atoms with Gasteiger partial charge in [-0.1, -0.05) is 24.3 Å². The Kier molecular flexibility index (Phi) is 7.87. The first-order valence-corrected chi connectivity index (χ1v) is 13.3. The highest BCUT2D eigenvalue weighted by molar-refractivity contribution is 5.89. The molecule has 7 heteroatoms. The molecule has 4 atom stereocenters. The lowest BCUT2D eigenvalue weighted by Crippen LogP contribution is -2.44. The third-order valence-corrected chi connectivity index (χ3v) is 7.24. The van der Waals surface area contributed by atoms with Crippen molar-refractivity contribution in [3.63, 3.8) is 0 Å². The molecule has 1 aliphatic carbocycles. The number of hydrogen-bond acceptors (Lipinski definition) is 6. The van der Waals surface area contributed by atoms with E-state index in [9.17, 15) is 9.59 Å². The normalized spacial score (nSPS) is 23.5. The van der Waals surface area contributed by atoms with Crippen LogP contribution in [0.3, 0.4) is 0 Å². The Morgan fingerprint density at radius 3 is 2.42 bits per heavy atom. The molecule has 2 aromatic rings. The molecule has 5 rings (SSSR count). The smallest absolute Gasteiger partial charge is 0.338 e. The SMILES string of the molecule is CC(NC(=O)[C@H]1CCCO1)C(Oc1ccc(C(=O)O[C@H]2CCCNC2)cc1)c1ccc(C2CC2)cc1. The molecule has 2 aromatic carbocycles. The molecule has 2 N–H and O–H groups in total. The molecule has 36 heavy (non-hydrogen) atoms. The second kappa shape index (κ2) is 11.4. The first-order valence-electron chi connectivity index (χ1n) is 13.3. The standard InChI is InChI=1S/C29H36N2O5/c1-19(31-28(32)26-5-3-17-34-26)27(22-10-8-21(9-11-22)20-6-7-20)35-24-14-12-23(13-15-24)29(33)36-25-4-2-16-30-18-25/h8-15,19-20,25-27,30H,2-7,16-18H2,1H3,(H,31,32)/t19?,25-,26+,27?/m0/s1. The van der Waals surface area contributed by atoms with Crippen LogP contribution in [0, 0.1) is 0 Å². The number of ether oxygens (including phenoxy) is 3. The first kappa shape index (κ1) is 24.8. The quantitative estimate of drug-likeness (QED) is 0.509. The summed E-state index contributed by atoms with van der Waals surface area (Å²) in [5.41, 5.74) is 2.84. The van der Waals surface area contributed by atoms with Crippen molar-refractivity contribution in [3.05, 3.63) is 65.2 Å². The summed E-state index contributed by atoms with van der Waals surface area (Å²) < 4.78 is 17.6. The van der Waals surface area contributed by atoms with Crippen LogP contribution >= 0.6 is 0 Å². The van der Waals surface area contributed by atoms with E-state index >= 15 is 0 Å². The van der Waals surface area contributed by atoms with Crippen LogP contribution in [0.4, 0.5) is 0 Å². The highest BCUT2D eigenvalue weighted by Gasteiger charge is 2.30. The minimum absolute atomic E-state index is 0.0847. The molecule has 0 spiro atoms. The molecule has 3 fully saturated rings. The van der Waals surface area contributed by atoms with Gasteiger partial charge in [0.1, 0.15) is 24.1 Å². The zero-order chi connectivity index (χ0) is 24.9. The van der Waals surface area contributed by atoms with Gasteiger partial charge >= 0.3 is 5.97 Å². The Bertz CT molecular complexity index is 1020. The summed E-state index contributed by atoms with van der Waals surface area (Å²) in [5, 5.41) is 6.35. The van der Waals surface area contributed by atoms with Crippen LogP contribution in [0.25, 0.3) is 0 Å². The third-order valence-electron chi connectivity index (χ3n) is 7.24. The van der Waals surface area contributed by atoms with Gasteiger partial charge in [0, 0.05) is 13.2 Å². The van der Waals surface area contributed by atoms with E-state index in [0.717, 1.165) is 37.8 Å². The topological polar surface area (TPSA) is 85.9 Å². The number of carbonyl (C=O) groups is 2. The van der Waals surface area contributed by atoms with E-state index < -0.39 is 12.2 Å². The predicted molar refractivity (Wildman–Crippen MR) is 136 cm³/mol. The van der Waals surface area contributed by atoms with E-state index in [-0.39, 0.29) is 24.0 Å². The van der Waals surface area contributed by atoms with Crippen LogP contribution in [-0.4, -0.2) is 49.8 Å². The summed E-state index contributed by atoms with van der Waals surface area (Å²) in [6.45, 7) is 4.25. The molecule has 1 amide bonds. The van der Waals surface area contributed by atoms with Crippen molar-refractivity contribution >= 4 is 11.9 Å². The summed E-state index contributed by atoms with van der Waals surface area (Å²) in [7, 11) is 0. The lowest BCUT2D eigenvalue weighted by molar-refractivity contribution is -0.131. The number of esters is 1. The lowest BCUT2D eigenvalue weighted by atomic mass is 10.00. The van der Waals surface area contributed by atoms with Crippen LogP contribution in [0.2, 0.25) is 0 Å². The largest absolute Gasteiger partial charge is 0.484 e. The third kappa shape index (κ3) is 6.26. The fraction of sp³-hybridized carbons (Fsp3) is 0.517. The zero-order valence-corrected chi connectivity index (χ0v) is 20.9. The maximum atomic E-state index is 12.7. The van der Waals surface area contributed by atoms with Gasteiger partial charge < -0.3 is 24.8 Å². The summed E-state index contributed by atoms with van der Waals surface area (Å²) >= 11 is 0. The Morgan fingerprint density at radius 1 is 1.00 bits per heavy atom. The average Bonchev–Trinajstić information content (AvgIpc) is 3.61. The summed E-state index contributed by atoms with van der Waals surface area (Å²) in [6, 6.07) is 15.3. The van der Waals surface area contributed by atoms with E-state index in [0.29, 0.717) is 30.4 Å². The van der Waals surface area contributed by atoms with Gasteiger partial charge in [-0.15, -0.1) is 0 Å². The molecule has 3 aliphatic rings. The number of rotatable bonds is 9. The van der Waals surface area contributed by atoms with E-state index in [1.54, 1.807) is 24.3 Å². The molecule has 2 heterocycles. The number of piperidine rings is 1. The van der Waals surface area contributed by atoms with Crippen LogP contribution in [0.5, 0.6) is 5.75 Å². The molecule has 2 unspecified atom stereocenters. The molecular formula is C29H36N2O5. The second-order valence-corrected chi connectivity index (χ2v) is 10.2. The Balaban J connectivity index is 1.27. The van der Waals surface area contributed by atoms with Gasteiger partial charge in [0.15, 0.2) is 0 Å². The Morgan fingerprint density at radius 2 is 1.78 bits per heavy atom. The van der Waals surface area contributed by atoms with Crippen molar-refractivity contribution in [3.8, 4) is 5.75 Å². The van der Waals surface area contributed by atoms with Crippen LogP contribution in [-0.2, 0) is 14.3 Å². The summed E-state index contributed by atoms with van der Waals surface area (Å²) in [5.74, 6) is 0.880. The van der Waals surface area contributed by atoms with Gasteiger partial charge in [-0.2, -0.15) is 0 Å². The number of nitrogens with one attached hydrogen (secondary N) is 2. The first-order chi connectivity index (χ1) is 17.6. The zero-order valence-electron chi connectivity index (χ0n) is 20.9. The van der Waals surface area contributed by atoms with E-state index in [4.69, 9.17) is 14.2 Å². The van der Waals surface area contributed by atoms with Crippen molar-refractivity contribution in [2.45, 2.75) is 75.7 Å². The van der Waals surface area contributed by atoms with Crippen molar-refractivity contribution < 1.29 is 23.8 Å². The van der Waals surface area contributed by atoms with Crippen LogP contribution < -0.4 is 15.4 Å². The molecule has 0 radical (unpaired) electrons. The van der Waals surface area contributed by atoms with Gasteiger partial charge in [0.05, 0.1) is 11.6 Å². The monoisotopic (exact) mass is 492 g/mol. The predicted octanol–water partition coefficient (Wildman–Crippen LogP) is 4.28. The molecule has 0 aromatic heterocycles. The average molecular weight is 493 g/mol. The van der Waals surface area contributed by atoms with Crippen molar-refractivity contribution in [2.75, 3.05) is 19.7 Å². The number of hydrogen-bond donors (Lipinski definition) is 2. The number of benzene rings is 2. The number of amides is 1. The second-order valence-electron chi connectivity index (χ2n) is 10.2. The number of carbonyl (C=O) groups excluding carboxylic acids is 2. The fourth-order valence-electron chi connectivity index (χ4n) is 4.97. The van der Waals surface area contributed by atoms with E-state index in [2.05, 4.69) is 34.9 Å². The maximum absolute atomic E-state index is 12.7. The van der Waals surface area contributed by atoms with Crippen molar-refractivity contribution in [1.29, 1.82) is 0 Å². The minimum Gasteiger partial charge on any atom is -0.484 e. The Hall–Kier alpha value is -2.90. The molecule has 1 saturated carbocycles. The van der Waals surface area contributed by atoms with Crippen molar-refractivity contribution in [2.24, 2.45) is 0 Å². The highest BCUT2D eigenvalue weighted by Crippen LogP contribution is 2.40. The summed E-state index contributed by atoms with van der Waals surface area (Å²) in [6.07, 6.45) is 5.17. The highest BCUT2D eigenvalue weighted by atomic mass is 16.5. The molecule has 192 valence electrons. The molecule has 2 aliphatic heterocycles. The van der Waals surface area contributed by atoms with Gasteiger partial charge in [0.25, 0.3) is 0 Å². The Labute approximate surface area is 212 Å². The van der Waals surface area contributed by atoms with Crippen LogP contribution in [0.15, 0.2) is 48.5 Å². The molecule has 2 saturated heterocycles. The fourth-order valence-corrected chi connectivity index (χ4v) is 4.97. The lowest BCUT2D eigenvalue weighted by Gasteiger charge is -2.27. The van der Waals surface area contributed by atoms with Crippen molar-refractivity contribution in [1.82, 2.24) is 10.6 Å². The minimum atomic E-state index is -0.394.